The van der Waals surface area contributed by atoms with Crippen LogP contribution in [0.25, 0.3) is 0 Å². The Balaban J connectivity index is 3.12. The zero-order chi connectivity index (χ0) is 16.3. The van der Waals surface area contributed by atoms with E-state index in [-0.39, 0.29) is 11.8 Å². The van der Waals surface area contributed by atoms with Crippen molar-refractivity contribution in [3.8, 4) is 17.2 Å². The number of ether oxygens (including phenoxy) is 3. The van der Waals surface area contributed by atoms with Crippen LogP contribution in [0, 0.1) is 6.92 Å². The maximum atomic E-state index is 6.36. The number of hydrogen-bond acceptors (Lipinski definition) is 4. The monoisotopic (exact) mass is 312 g/mol. The van der Waals surface area contributed by atoms with Gasteiger partial charge >= 0.3 is 0 Å². The van der Waals surface area contributed by atoms with Crippen LogP contribution in [0.2, 0.25) is 18.1 Å². The molecule has 21 heavy (non-hydrogen) atoms. The smallest absolute Gasteiger partial charge is 0.250 e. The lowest BCUT2D eigenvalue weighted by Crippen LogP contribution is -2.43. The molecule has 0 saturated carbocycles. The molecular weight excluding hydrogens is 284 g/mol. The van der Waals surface area contributed by atoms with Gasteiger partial charge in [-0.05, 0) is 37.2 Å². The van der Waals surface area contributed by atoms with Gasteiger partial charge in [-0.2, -0.15) is 0 Å². The van der Waals surface area contributed by atoms with Crippen molar-refractivity contribution in [2.24, 2.45) is 0 Å². The normalized spacial score (nSPS) is 12.2. The highest BCUT2D eigenvalue weighted by Crippen LogP contribution is 2.42. The molecule has 5 heteroatoms. The molecule has 1 aromatic carbocycles. The Kier molecular flexibility index (Phi) is 5.70. The number of methoxy groups -OCH3 is 2. The highest BCUT2D eigenvalue weighted by atomic mass is 28.4. The SMILES string of the molecule is COCOc1ccc(O[Si](C)(C)C(C)(C)C)c(OC)c1C. The van der Waals surface area contributed by atoms with Gasteiger partial charge in [0.2, 0.25) is 0 Å². The molecule has 0 saturated heterocycles. The molecule has 0 amide bonds. The van der Waals surface area contributed by atoms with Gasteiger partial charge in [-0.15, -0.1) is 0 Å². The molecule has 0 spiro atoms. The van der Waals surface area contributed by atoms with Crippen molar-refractivity contribution in [3.63, 3.8) is 0 Å². The lowest BCUT2D eigenvalue weighted by Gasteiger charge is -2.37. The minimum absolute atomic E-state index is 0.136. The fraction of sp³-hybridized carbons (Fsp3) is 0.625. The van der Waals surface area contributed by atoms with Crippen molar-refractivity contribution in [3.05, 3.63) is 17.7 Å². The molecular formula is C16H28O4Si. The van der Waals surface area contributed by atoms with E-state index < -0.39 is 8.32 Å². The molecule has 1 rings (SSSR count). The number of hydrogen-bond donors (Lipinski definition) is 0. The van der Waals surface area contributed by atoms with Gasteiger partial charge in [-0.25, -0.2) is 0 Å². The number of benzene rings is 1. The number of rotatable bonds is 6. The molecule has 0 aliphatic heterocycles. The second-order valence-corrected chi connectivity index (χ2v) is 11.4. The Morgan fingerprint density at radius 2 is 1.62 bits per heavy atom. The summed E-state index contributed by atoms with van der Waals surface area (Å²) in [4.78, 5) is 0. The Bertz CT molecular complexity index is 478. The largest absolute Gasteiger partial charge is 0.541 e. The van der Waals surface area contributed by atoms with Gasteiger partial charge < -0.3 is 18.6 Å². The van der Waals surface area contributed by atoms with Crippen molar-refractivity contribution >= 4 is 8.32 Å². The van der Waals surface area contributed by atoms with E-state index in [1.54, 1.807) is 14.2 Å². The summed E-state index contributed by atoms with van der Waals surface area (Å²) in [6.45, 7) is 13.3. The third-order valence-corrected chi connectivity index (χ3v) is 8.37. The van der Waals surface area contributed by atoms with Crippen molar-refractivity contribution in [1.29, 1.82) is 0 Å². The van der Waals surface area contributed by atoms with Crippen LogP contribution in [0.1, 0.15) is 26.3 Å². The van der Waals surface area contributed by atoms with E-state index >= 15 is 0 Å². The minimum Gasteiger partial charge on any atom is -0.541 e. The summed E-state index contributed by atoms with van der Waals surface area (Å²) in [5, 5.41) is 0.136. The lowest BCUT2D eigenvalue weighted by molar-refractivity contribution is 0.0504. The molecule has 0 aliphatic carbocycles. The van der Waals surface area contributed by atoms with Crippen LogP contribution in [-0.4, -0.2) is 29.3 Å². The molecule has 0 N–H and O–H groups in total. The van der Waals surface area contributed by atoms with Crippen LogP contribution in [0.15, 0.2) is 12.1 Å². The average Bonchev–Trinajstić information content (AvgIpc) is 2.36. The van der Waals surface area contributed by atoms with Gasteiger partial charge in [-0.3, -0.25) is 0 Å². The Morgan fingerprint density at radius 3 is 2.10 bits per heavy atom. The summed E-state index contributed by atoms with van der Waals surface area (Å²) in [6.07, 6.45) is 0. The van der Waals surface area contributed by atoms with Crippen LogP contribution in [-0.2, 0) is 4.74 Å². The third kappa shape index (κ3) is 4.14. The Hall–Kier alpha value is -1.20. The van der Waals surface area contributed by atoms with Crippen LogP contribution >= 0.6 is 0 Å². The molecule has 0 fully saturated rings. The molecule has 4 nitrogen and oxygen atoms in total. The van der Waals surface area contributed by atoms with Crippen LogP contribution < -0.4 is 13.9 Å². The first kappa shape index (κ1) is 17.8. The van der Waals surface area contributed by atoms with E-state index in [1.807, 2.05) is 19.1 Å². The standard InChI is InChI=1S/C16H28O4Si/c1-12-13(19-11-17-5)9-10-14(15(12)18-6)20-21(7,8)16(2,3)4/h9-10H,11H2,1-8H3. The van der Waals surface area contributed by atoms with Gasteiger partial charge in [0.1, 0.15) is 11.5 Å². The maximum Gasteiger partial charge on any atom is 0.250 e. The molecule has 0 aromatic heterocycles. The zero-order valence-corrected chi connectivity index (χ0v) is 15.5. The summed E-state index contributed by atoms with van der Waals surface area (Å²) in [7, 11) is 1.35. The highest BCUT2D eigenvalue weighted by molar-refractivity contribution is 6.74. The molecule has 0 bridgehead atoms. The van der Waals surface area contributed by atoms with Gasteiger partial charge in [0.25, 0.3) is 8.32 Å². The molecule has 0 aliphatic rings. The van der Waals surface area contributed by atoms with E-state index in [1.165, 1.54) is 0 Å². The van der Waals surface area contributed by atoms with E-state index in [0.29, 0.717) is 0 Å². The van der Waals surface area contributed by atoms with Crippen molar-refractivity contribution in [1.82, 2.24) is 0 Å². The van der Waals surface area contributed by atoms with Gasteiger partial charge in [0, 0.05) is 12.7 Å². The minimum atomic E-state index is -1.90. The quantitative estimate of drug-likeness (QED) is 0.577. The third-order valence-electron chi connectivity index (χ3n) is 4.03. The van der Waals surface area contributed by atoms with Gasteiger partial charge in [0.15, 0.2) is 12.5 Å². The molecule has 120 valence electrons. The van der Waals surface area contributed by atoms with E-state index in [9.17, 15) is 0 Å². The molecule has 0 heterocycles. The highest BCUT2D eigenvalue weighted by Gasteiger charge is 2.39. The first-order valence-corrected chi connectivity index (χ1v) is 10.0. The van der Waals surface area contributed by atoms with Crippen LogP contribution in [0.3, 0.4) is 0 Å². The zero-order valence-electron chi connectivity index (χ0n) is 14.5. The lowest BCUT2D eigenvalue weighted by atomic mass is 10.2. The predicted molar refractivity (Wildman–Crippen MR) is 88.1 cm³/mol. The first-order chi connectivity index (χ1) is 9.64. The fourth-order valence-electron chi connectivity index (χ4n) is 1.69. The van der Waals surface area contributed by atoms with Crippen LogP contribution in [0.4, 0.5) is 0 Å². The van der Waals surface area contributed by atoms with Crippen molar-refractivity contribution < 1.29 is 18.6 Å². The molecule has 0 radical (unpaired) electrons. The summed E-state index contributed by atoms with van der Waals surface area (Å²) in [6, 6.07) is 3.82. The second kappa shape index (κ2) is 6.71. The Labute approximate surface area is 129 Å². The summed E-state index contributed by atoms with van der Waals surface area (Å²) in [5.41, 5.74) is 0.922. The summed E-state index contributed by atoms with van der Waals surface area (Å²) < 4.78 is 22.4. The van der Waals surface area contributed by atoms with E-state index in [0.717, 1.165) is 22.8 Å². The predicted octanol–water partition coefficient (Wildman–Crippen LogP) is 4.37. The summed E-state index contributed by atoms with van der Waals surface area (Å²) >= 11 is 0. The van der Waals surface area contributed by atoms with Gasteiger partial charge in [0.05, 0.1) is 7.11 Å². The average molecular weight is 312 g/mol. The topological polar surface area (TPSA) is 36.9 Å². The molecule has 0 atom stereocenters. The Morgan fingerprint density at radius 1 is 1.05 bits per heavy atom. The van der Waals surface area contributed by atoms with E-state index in [2.05, 4.69) is 33.9 Å². The summed E-state index contributed by atoms with van der Waals surface area (Å²) in [5.74, 6) is 2.26. The van der Waals surface area contributed by atoms with E-state index in [4.69, 9.17) is 18.6 Å². The van der Waals surface area contributed by atoms with Crippen LogP contribution in [0.5, 0.6) is 17.2 Å². The molecule has 0 unspecified atom stereocenters. The first-order valence-electron chi connectivity index (χ1n) is 7.12. The van der Waals surface area contributed by atoms with Crippen molar-refractivity contribution in [2.45, 2.75) is 45.8 Å². The molecule has 1 aromatic rings. The van der Waals surface area contributed by atoms with Gasteiger partial charge in [-0.1, -0.05) is 20.8 Å². The second-order valence-electron chi connectivity index (χ2n) is 6.63. The van der Waals surface area contributed by atoms with Crippen molar-refractivity contribution in [2.75, 3.05) is 21.0 Å². The fourth-order valence-corrected chi connectivity index (χ4v) is 2.71. The maximum absolute atomic E-state index is 6.36.